The van der Waals surface area contributed by atoms with Crippen LogP contribution in [-0.2, 0) is 16.0 Å². The molecule has 30 heavy (non-hydrogen) atoms. The summed E-state index contributed by atoms with van der Waals surface area (Å²) < 4.78 is 0. The Labute approximate surface area is 182 Å². The summed E-state index contributed by atoms with van der Waals surface area (Å²) in [6.45, 7) is 2.82. The fourth-order valence-corrected chi connectivity index (χ4v) is 5.88. The van der Waals surface area contributed by atoms with E-state index >= 15 is 0 Å². The van der Waals surface area contributed by atoms with Gasteiger partial charge in [-0.25, -0.2) is 0 Å². The fraction of sp³-hybridized carbons (Fsp3) is 0.522. The number of thioether (sulfide) groups is 1. The van der Waals surface area contributed by atoms with Crippen molar-refractivity contribution in [2.75, 3.05) is 19.3 Å². The lowest BCUT2D eigenvalue weighted by atomic mass is 10.1. The average molecular weight is 427 g/mol. The molecule has 0 bridgehead atoms. The van der Waals surface area contributed by atoms with Crippen LogP contribution in [0.15, 0.2) is 36.4 Å². The molecule has 3 heterocycles. The molecule has 2 aromatic rings. The number of aryl methyl sites for hydroxylation is 1. The summed E-state index contributed by atoms with van der Waals surface area (Å²) in [5.74, 6) is 0.931. The number of H-pyrrole nitrogens is 1. The number of carbonyl (C=O) groups excluding carboxylic acids is 2. The second kappa shape index (κ2) is 8.84. The van der Waals surface area contributed by atoms with Gasteiger partial charge in [0, 0.05) is 37.0 Å². The van der Waals surface area contributed by atoms with E-state index < -0.39 is 0 Å². The van der Waals surface area contributed by atoms with E-state index in [1.807, 2.05) is 35.0 Å². The summed E-state index contributed by atoms with van der Waals surface area (Å²) in [6, 6.07) is 12.0. The number of nitrogens with one attached hydrogen (secondary N) is 1. The number of carbonyl (C=O) groups is 2. The zero-order valence-corrected chi connectivity index (χ0v) is 18.6. The Hall–Kier alpha value is -2.28. The molecule has 2 atom stereocenters. The Morgan fingerprint density at radius 2 is 2.10 bits per heavy atom. The maximum absolute atomic E-state index is 12.9. The molecule has 2 aliphatic heterocycles. The minimum Gasteiger partial charge on any atom is -0.344 e. The van der Waals surface area contributed by atoms with E-state index in [0.29, 0.717) is 6.42 Å². The molecular formula is C23H30N4O2S. The maximum atomic E-state index is 12.9. The molecule has 0 saturated carbocycles. The molecule has 2 fully saturated rings. The number of aromatic amines is 1. The third-order valence-corrected chi connectivity index (χ3v) is 7.75. The van der Waals surface area contributed by atoms with Gasteiger partial charge in [0.15, 0.2) is 0 Å². The van der Waals surface area contributed by atoms with Gasteiger partial charge < -0.3 is 9.80 Å². The largest absolute Gasteiger partial charge is 0.344 e. The first-order chi connectivity index (χ1) is 14.5. The van der Waals surface area contributed by atoms with Gasteiger partial charge in [0.25, 0.3) is 0 Å². The maximum Gasteiger partial charge on any atom is 0.246 e. The molecule has 2 amide bonds. The minimum atomic E-state index is -0.290. The Kier molecular flexibility index (Phi) is 6.18. The van der Waals surface area contributed by atoms with Gasteiger partial charge in [0.05, 0.1) is 10.6 Å². The third kappa shape index (κ3) is 4.26. The summed E-state index contributed by atoms with van der Waals surface area (Å²) in [5.41, 5.74) is 3.25. The lowest BCUT2D eigenvalue weighted by Gasteiger charge is -2.31. The van der Waals surface area contributed by atoms with Crippen molar-refractivity contribution >= 4 is 23.6 Å². The van der Waals surface area contributed by atoms with Crippen LogP contribution in [0.3, 0.4) is 0 Å². The molecule has 0 aliphatic carbocycles. The fourth-order valence-electron chi connectivity index (χ4n) is 4.46. The quantitative estimate of drug-likeness (QED) is 0.654. The van der Waals surface area contributed by atoms with E-state index in [2.05, 4.69) is 35.3 Å². The van der Waals surface area contributed by atoms with Crippen LogP contribution in [0.5, 0.6) is 0 Å². The van der Waals surface area contributed by atoms with Crippen LogP contribution in [0.2, 0.25) is 0 Å². The van der Waals surface area contributed by atoms with E-state index in [1.54, 1.807) is 11.8 Å². The van der Waals surface area contributed by atoms with E-state index in [-0.39, 0.29) is 22.7 Å². The molecule has 6 nitrogen and oxygen atoms in total. The molecule has 1 N–H and O–H groups in total. The molecule has 0 spiro atoms. The van der Waals surface area contributed by atoms with Gasteiger partial charge in [0.1, 0.15) is 6.04 Å². The summed E-state index contributed by atoms with van der Waals surface area (Å²) in [6.07, 6.45) is 5.45. The zero-order valence-electron chi connectivity index (χ0n) is 17.8. The highest BCUT2D eigenvalue weighted by molar-refractivity contribution is 8.01. The number of hydrogen-bond acceptors (Lipinski definition) is 4. The third-order valence-electron chi connectivity index (χ3n) is 6.25. The van der Waals surface area contributed by atoms with Crippen molar-refractivity contribution in [1.82, 2.24) is 20.0 Å². The highest BCUT2D eigenvalue weighted by Gasteiger charge is 2.53. The Morgan fingerprint density at radius 3 is 2.90 bits per heavy atom. The Morgan fingerprint density at radius 1 is 1.30 bits per heavy atom. The second-order valence-electron chi connectivity index (χ2n) is 8.48. The molecule has 4 rings (SSSR count). The van der Waals surface area contributed by atoms with Crippen LogP contribution in [0.1, 0.15) is 44.7 Å². The van der Waals surface area contributed by atoms with Gasteiger partial charge in [-0.1, -0.05) is 36.8 Å². The summed E-state index contributed by atoms with van der Waals surface area (Å²) in [4.78, 5) is 28.6. The highest BCUT2D eigenvalue weighted by atomic mass is 32.2. The molecule has 7 heteroatoms. The standard InChI is InChI=1S/C23H30N4O2S/c1-23-13-12-21(28)27(23)20(16-30-23)22(29)26(2)14-8-4-7-11-18-15-19(25-24-18)17-9-5-3-6-10-17/h3,5-6,9-10,15,20H,4,7-8,11-14,16H2,1-2H3,(H,24,25). The van der Waals surface area contributed by atoms with Crippen LogP contribution in [0.4, 0.5) is 0 Å². The minimum absolute atomic E-state index is 0.0857. The first-order valence-corrected chi connectivity index (χ1v) is 11.8. The number of fused-ring (bicyclic) bond motifs is 1. The van der Waals surface area contributed by atoms with Crippen molar-refractivity contribution in [3.05, 3.63) is 42.1 Å². The Bertz CT molecular complexity index is 900. The summed E-state index contributed by atoms with van der Waals surface area (Å²) >= 11 is 1.75. The van der Waals surface area contributed by atoms with Crippen molar-refractivity contribution < 1.29 is 9.59 Å². The number of nitrogens with zero attached hydrogens (tertiary/aromatic N) is 3. The summed E-state index contributed by atoms with van der Waals surface area (Å²) in [7, 11) is 1.87. The van der Waals surface area contributed by atoms with E-state index in [9.17, 15) is 9.59 Å². The number of likely N-dealkylation sites (N-methyl/N-ethyl adjacent to an activating group) is 1. The van der Waals surface area contributed by atoms with Crippen LogP contribution < -0.4 is 0 Å². The molecule has 2 aliphatic rings. The lowest BCUT2D eigenvalue weighted by molar-refractivity contribution is -0.142. The average Bonchev–Trinajstić information content (AvgIpc) is 3.43. The Balaban J connectivity index is 1.19. The monoisotopic (exact) mass is 426 g/mol. The van der Waals surface area contributed by atoms with Crippen LogP contribution in [0.25, 0.3) is 11.3 Å². The topological polar surface area (TPSA) is 69.3 Å². The molecule has 2 unspecified atom stereocenters. The van der Waals surface area contributed by atoms with E-state index in [4.69, 9.17) is 0 Å². The van der Waals surface area contributed by atoms with Crippen molar-refractivity contribution in [1.29, 1.82) is 0 Å². The number of aromatic nitrogens is 2. The van der Waals surface area contributed by atoms with Gasteiger partial charge in [-0.15, -0.1) is 11.8 Å². The lowest BCUT2D eigenvalue weighted by Crippen LogP contribution is -2.50. The zero-order chi connectivity index (χ0) is 21.1. The molecule has 1 aromatic heterocycles. The number of hydrogen-bond donors (Lipinski definition) is 1. The normalized spacial score (nSPS) is 23.1. The molecule has 160 valence electrons. The number of unbranched alkanes of at least 4 members (excludes halogenated alkanes) is 2. The van der Waals surface area contributed by atoms with Crippen molar-refractivity contribution in [3.63, 3.8) is 0 Å². The van der Waals surface area contributed by atoms with Crippen LogP contribution in [0, 0.1) is 0 Å². The number of amides is 2. The molecule has 0 radical (unpaired) electrons. The SMILES string of the molecule is CN(CCCCCc1cc(-c2ccccc2)n[nH]1)C(=O)C1CSC2(C)CCC(=O)N12. The van der Waals surface area contributed by atoms with Gasteiger partial charge in [-0.3, -0.25) is 14.7 Å². The van der Waals surface area contributed by atoms with Gasteiger partial charge >= 0.3 is 0 Å². The number of benzene rings is 1. The van der Waals surface area contributed by atoms with Gasteiger partial charge in [-0.05, 0) is 38.7 Å². The van der Waals surface area contributed by atoms with Crippen molar-refractivity contribution in [2.24, 2.45) is 0 Å². The predicted molar refractivity (Wildman–Crippen MR) is 120 cm³/mol. The molecule has 2 saturated heterocycles. The number of rotatable bonds is 8. The van der Waals surface area contributed by atoms with Crippen LogP contribution in [-0.4, -0.2) is 62.1 Å². The van der Waals surface area contributed by atoms with Crippen molar-refractivity contribution in [2.45, 2.75) is 56.4 Å². The summed E-state index contributed by atoms with van der Waals surface area (Å²) in [5, 5.41) is 7.54. The first-order valence-electron chi connectivity index (χ1n) is 10.8. The first kappa shape index (κ1) is 21.0. The van der Waals surface area contributed by atoms with E-state index in [1.165, 1.54) is 0 Å². The van der Waals surface area contributed by atoms with Gasteiger partial charge in [-0.2, -0.15) is 5.10 Å². The van der Waals surface area contributed by atoms with Crippen molar-refractivity contribution in [3.8, 4) is 11.3 Å². The molecular weight excluding hydrogens is 396 g/mol. The second-order valence-corrected chi connectivity index (χ2v) is 9.98. The predicted octanol–water partition coefficient (Wildman–Crippen LogP) is 3.70. The smallest absolute Gasteiger partial charge is 0.246 e. The van der Waals surface area contributed by atoms with Gasteiger partial charge in [0.2, 0.25) is 11.8 Å². The molecule has 1 aromatic carbocycles. The van der Waals surface area contributed by atoms with Crippen LogP contribution >= 0.6 is 11.8 Å². The van der Waals surface area contributed by atoms with E-state index in [0.717, 1.165) is 61.4 Å². The highest BCUT2D eigenvalue weighted by Crippen LogP contribution is 2.47.